The molecule has 0 spiro atoms. The maximum Gasteiger partial charge on any atom is 0.208 e. The van der Waals surface area contributed by atoms with Crippen LogP contribution in [-0.4, -0.2) is 28.0 Å². The van der Waals surface area contributed by atoms with E-state index in [1.165, 1.54) is 68.2 Å². The first-order valence-electron chi connectivity index (χ1n) is 13.2. The first-order valence-corrected chi connectivity index (χ1v) is 13.2. The van der Waals surface area contributed by atoms with Crippen molar-refractivity contribution in [2.45, 2.75) is 88.1 Å². The van der Waals surface area contributed by atoms with Gasteiger partial charge >= 0.3 is 0 Å². The van der Waals surface area contributed by atoms with Gasteiger partial charge in [0.05, 0.1) is 30.2 Å². The van der Waals surface area contributed by atoms with Crippen molar-refractivity contribution in [2.75, 3.05) is 13.1 Å². The number of hydrogen-bond donors (Lipinski definition) is 3. The average molecular weight is 460 g/mol. The molecule has 4 aliphatic rings. The number of hydrogen-bond acceptors (Lipinski definition) is 5. The Balaban J connectivity index is 1.13. The molecule has 1 aliphatic heterocycles. The van der Waals surface area contributed by atoms with Gasteiger partial charge in [0, 0.05) is 5.41 Å². The van der Waals surface area contributed by atoms with E-state index in [1.807, 2.05) is 12.5 Å². The first kappa shape index (κ1) is 22.1. The number of benzene rings is 1. The molecule has 180 valence electrons. The summed E-state index contributed by atoms with van der Waals surface area (Å²) in [7, 11) is 0. The summed E-state index contributed by atoms with van der Waals surface area (Å²) in [6.45, 7) is 5.00. The van der Waals surface area contributed by atoms with Gasteiger partial charge in [-0.3, -0.25) is 0 Å². The van der Waals surface area contributed by atoms with Crippen molar-refractivity contribution in [3.8, 4) is 11.3 Å². The average Bonchev–Trinajstić information content (AvgIpc) is 3.67. The van der Waals surface area contributed by atoms with Gasteiger partial charge in [-0.05, 0) is 87.4 Å². The van der Waals surface area contributed by atoms with Gasteiger partial charge in [0.25, 0.3) is 0 Å². The van der Waals surface area contributed by atoms with Gasteiger partial charge < -0.3 is 20.0 Å². The third-order valence-electron chi connectivity index (χ3n) is 8.84. The lowest BCUT2D eigenvalue weighted by atomic mass is 9.51. The Morgan fingerprint density at radius 3 is 2.53 bits per heavy atom. The fraction of sp³-hybridized carbons (Fsp3) is 0.571. The lowest BCUT2D eigenvalue weighted by Gasteiger charge is -2.53. The minimum Gasteiger partial charge on any atom is -0.447 e. The molecule has 1 atom stereocenters. The summed E-state index contributed by atoms with van der Waals surface area (Å²) >= 11 is 0. The van der Waals surface area contributed by atoms with E-state index in [2.05, 4.69) is 51.8 Å². The lowest BCUT2D eigenvalue weighted by molar-refractivity contribution is 0.0986. The Kier molecular flexibility index (Phi) is 5.82. The van der Waals surface area contributed by atoms with Crippen molar-refractivity contribution in [2.24, 2.45) is 0 Å². The van der Waals surface area contributed by atoms with Crippen molar-refractivity contribution in [1.82, 2.24) is 25.6 Å². The predicted molar refractivity (Wildman–Crippen MR) is 134 cm³/mol. The molecule has 6 heteroatoms. The number of oxazole rings is 1. The summed E-state index contributed by atoms with van der Waals surface area (Å²) in [5.74, 6) is 1.91. The van der Waals surface area contributed by atoms with Crippen molar-refractivity contribution in [1.29, 1.82) is 0 Å². The summed E-state index contributed by atoms with van der Waals surface area (Å²) in [6.07, 6.45) is 14.8. The number of nitrogens with zero attached hydrogens (tertiary/aromatic N) is 2. The van der Waals surface area contributed by atoms with Crippen LogP contribution in [0.15, 0.2) is 41.1 Å². The molecule has 3 heterocycles. The second-order valence-electron chi connectivity index (χ2n) is 10.8. The van der Waals surface area contributed by atoms with Crippen LogP contribution in [-0.2, 0) is 17.4 Å². The fourth-order valence-corrected chi connectivity index (χ4v) is 6.59. The summed E-state index contributed by atoms with van der Waals surface area (Å²) in [4.78, 5) is 13.1. The molecule has 1 aromatic carbocycles. The largest absolute Gasteiger partial charge is 0.447 e. The zero-order valence-electron chi connectivity index (χ0n) is 20.3. The smallest absolute Gasteiger partial charge is 0.208 e. The minimum absolute atomic E-state index is 0.217. The Labute approximate surface area is 202 Å². The van der Waals surface area contributed by atoms with Gasteiger partial charge in [-0.15, -0.1) is 0 Å². The van der Waals surface area contributed by atoms with Gasteiger partial charge in [0.2, 0.25) is 5.89 Å². The van der Waals surface area contributed by atoms with Gasteiger partial charge in [-0.1, -0.05) is 31.2 Å². The Bertz CT molecular complexity index is 1080. The highest BCUT2D eigenvalue weighted by molar-refractivity contribution is 5.59. The molecule has 34 heavy (non-hydrogen) atoms. The van der Waals surface area contributed by atoms with Gasteiger partial charge in [-0.2, -0.15) is 0 Å². The Hall–Kier alpha value is -2.44. The van der Waals surface area contributed by atoms with Crippen LogP contribution < -0.4 is 10.6 Å². The van der Waals surface area contributed by atoms with Crippen LogP contribution in [0.4, 0.5) is 0 Å². The van der Waals surface area contributed by atoms with Crippen LogP contribution in [0, 0.1) is 0 Å². The first-order chi connectivity index (χ1) is 16.7. The normalized spacial score (nSPS) is 28.6. The predicted octanol–water partition coefficient (Wildman–Crippen LogP) is 5.53. The molecule has 2 bridgehead atoms. The van der Waals surface area contributed by atoms with E-state index in [4.69, 9.17) is 9.40 Å². The van der Waals surface area contributed by atoms with E-state index >= 15 is 0 Å². The number of rotatable bonds is 8. The maximum absolute atomic E-state index is 5.82. The van der Waals surface area contributed by atoms with Crippen molar-refractivity contribution >= 4 is 0 Å². The zero-order chi connectivity index (χ0) is 23.0. The van der Waals surface area contributed by atoms with E-state index in [9.17, 15) is 0 Å². The monoisotopic (exact) mass is 459 g/mol. The van der Waals surface area contributed by atoms with Gasteiger partial charge in [0.15, 0.2) is 0 Å². The molecule has 3 saturated carbocycles. The molecule has 2 aromatic heterocycles. The molecular weight excluding hydrogens is 422 g/mol. The quantitative estimate of drug-likeness (QED) is 0.386. The van der Waals surface area contributed by atoms with Crippen molar-refractivity contribution < 1.29 is 4.42 Å². The number of H-pyrrole nitrogens is 1. The second kappa shape index (κ2) is 8.97. The van der Waals surface area contributed by atoms with E-state index in [-0.39, 0.29) is 5.41 Å². The van der Waals surface area contributed by atoms with Crippen LogP contribution >= 0.6 is 0 Å². The van der Waals surface area contributed by atoms with Crippen LogP contribution in [0.3, 0.4) is 0 Å². The Morgan fingerprint density at radius 2 is 1.82 bits per heavy atom. The molecule has 6 nitrogen and oxygen atoms in total. The van der Waals surface area contributed by atoms with Crippen molar-refractivity contribution in [3.63, 3.8) is 0 Å². The van der Waals surface area contributed by atoms with Crippen LogP contribution in [0.1, 0.15) is 93.7 Å². The van der Waals surface area contributed by atoms with E-state index in [1.54, 1.807) is 0 Å². The molecule has 3 aromatic rings. The second-order valence-corrected chi connectivity index (χ2v) is 10.8. The summed E-state index contributed by atoms with van der Waals surface area (Å²) < 4.78 is 5.82. The lowest BCUT2D eigenvalue weighted by Crippen LogP contribution is -2.46. The van der Waals surface area contributed by atoms with Crippen LogP contribution in [0.2, 0.25) is 0 Å². The summed E-state index contributed by atoms with van der Waals surface area (Å²) in [5.41, 5.74) is 5.58. The number of imidazole rings is 1. The van der Waals surface area contributed by atoms with Crippen molar-refractivity contribution in [3.05, 3.63) is 59.7 Å². The number of fused-ring (bicyclic) bond motifs is 3. The van der Waals surface area contributed by atoms with E-state index in [0.717, 1.165) is 43.5 Å². The standard InChI is InChI=1S/C28H37N5O/c1-2-15-29-18-25-33-24(19-34-25)28-12-9-27(10-13-28,11-14-28)21-7-5-20(6-8-21)23-17-31-26(32-23)22-4-3-16-30-22/h5-8,17,19,22,29-30H,2-4,9-16,18H2,1H3,(H,31,32)/t22-,27?,28?/m0/s1. The van der Waals surface area contributed by atoms with Gasteiger partial charge in [0.1, 0.15) is 12.1 Å². The zero-order valence-corrected chi connectivity index (χ0v) is 20.3. The van der Waals surface area contributed by atoms with Crippen LogP contribution in [0.25, 0.3) is 11.3 Å². The van der Waals surface area contributed by atoms with Gasteiger partial charge in [-0.25, -0.2) is 9.97 Å². The number of nitrogens with one attached hydrogen (secondary N) is 3. The van der Waals surface area contributed by atoms with E-state index < -0.39 is 0 Å². The fourth-order valence-electron chi connectivity index (χ4n) is 6.59. The third kappa shape index (κ3) is 3.91. The molecule has 3 aliphatic carbocycles. The molecule has 0 amide bonds. The summed E-state index contributed by atoms with van der Waals surface area (Å²) in [5, 5.41) is 6.93. The molecule has 3 N–H and O–H groups in total. The SMILES string of the molecule is CCCNCc1nc(C23CCC(c4ccc(-c5cnc([C@@H]6CCCN6)[nH]5)cc4)(CC2)CC3)co1. The third-order valence-corrected chi connectivity index (χ3v) is 8.84. The maximum atomic E-state index is 5.82. The highest BCUT2D eigenvalue weighted by Crippen LogP contribution is 2.58. The number of aromatic amines is 1. The topological polar surface area (TPSA) is 78.8 Å². The van der Waals surface area contributed by atoms with Crippen LogP contribution in [0.5, 0.6) is 0 Å². The molecular formula is C28H37N5O. The molecule has 7 rings (SSSR count). The van der Waals surface area contributed by atoms with E-state index in [0.29, 0.717) is 11.5 Å². The summed E-state index contributed by atoms with van der Waals surface area (Å²) in [6, 6.07) is 9.69. The highest BCUT2D eigenvalue weighted by atomic mass is 16.3. The number of aromatic nitrogens is 3. The highest BCUT2D eigenvalue weighted by Gasteiger charge is 2.51. The Morgan fingerprint density at radius 1 is 1.06 bits per heavy atom. The minimum atomic E-state index is 0.217. The molecule has 1 saturated heterocycles. The molecule has 0 unspecified atom stereocenters. The molecule has 4 fully saturated rings. The molecule has 0 radical (unpaired) electrons.